The highest BCUT2D eigenvalue weighted by molar-refractivity contribution is 4.78. The maximum absolute atomic E-state index is 9.26. The smallest absolute Gasteiger partial charge is 0.185 e. The van der Waals surface area contributed by atoms with E-state index < -0.39 is 18.5 Å². The second-order valence-corrected chi connectivity index (χ2v) is 2.84. The quantitative estimate of drug-likeness (QED) is 0.545. The molecule has 1 rings (SSSR count). The lowest BCUT2D eigenvalue weighted by molar-refractivity contribution is -0.254. The van der Waals surface area contributed by atoms with Gasteiger partial charge < -0.3 is 19.7 Å². The van der Waals surface area contributed by atoms with Gasteiger partial charge in [0.2, 0.25) is 0 Å². The zero-order chi connectivity index (χ0) is 8.43. The Morgan fingerprint density at radius 3 is 2.64 bits per heavy atom. The number of rotatable bonds is 1. The van der Waals surface area contributed by atoms with E-state index in [2.05, 4.69) is 0 Å². The van der Waals surface area contributed by atoms with Crippen LogP contribution in [0.15, 0.2) is 0 Å². The zero-order valence-corrected chi connectivity index (χ0v) is 6.73. The molecule has 0 radical (unpaired) electrons. The van der Waals surface area contributed by atoms with Gasteiger partial charge in [0.15, 0.2) is 6.29 Å². The summed E-state index contributed by atoms with van der Waals surface area (Å²) in [5.74, 6) is 0. The van der Waals surface area contributed by atoms with Crippen molar-refractivity contribution in [1.29, 1.82) is 0 Å². The van der Waals surface area contributed by atoms with Crippen molar-refractivity contribution < 1.29 is 19.7 Å². The third-order valence-corrected chi connectivity index (χ3v) is 1.85. The van der Waals surface area contributed by atoms with Crippen molar-refractivity contribution in [2.24, 2.45) is 0 Å². The highest BCUT2D eigenvalue weighted by Crippen LogP contribution is 2.19. The molecular formula is C7H14O4. The van der Waals surface area contributed by atoms with E-state index in [0.717, 1.165) is 0 Å². The van der Waals surface area contributed by atoms with Crippen LogP contribution in [0.1, 0.15) is 13.3 Å². The number of aliphatic hydroxyl groups is 2. The van der Waals surface area contributed by atoms with E-state index in [1.54, 1.807) is 0 Å². The van der Waals surface area contributed by atoms with Gasteiger partial charge in [-0.3, -0.25) is 0 Å². The first-order valence-corrected chi connectivity index (χ1v) is 3.69. The van der Waals surface area contributed by atoms with Crippen LogP contribution in [0.5, 0.6) is 0 Å². The number of ether oxygens (including phenoxy) is 2. The summed E-state index contributed by atoms with van der Waals surface area (Å²) in [6, 6.07) is 0. The third kappa shape index (κ3) is 1.90. The van der Waals surface area contributed by atoms with E-state index in [0.29, 0.717) is 6.42 Å². The third-order valence-electron chi connectivity index (χ3n) is 1.85. The van der Waals surface area contributed by atoms with Crippen molar-refractivity contribution in [1.82, 2.24) is 0 Å². The molecule has 1 aliphatic heterocycles. The molecule has 0 aromatic rings. The molecule has 1 fully saturated rings. The second-order valence-electron chi connectivity index (χ2n) is 2.84. The van der Waals surface area contributed by atoms with Crippen molar-refractivity contribution in [2.45, 2.75) is 37.9 Å². The van der Waals surface area contributed by atoms with E-state index in [1.165, 1.54) is 7.11 Å². The molecule has 1 aliphatic rings. The molecule has 0 unspecified atom stereocenters. The van der Waals surface area contributed by atoms with Crippen LogP contribution in [-0.2, 0) is 9.47 Å². The van der Waals surface area contributed by atoms with Crippen LogP contribution in [0.25, 0.3) is 0 Å². The fourth-order valence-electron chi connectivity index (χ4n) is 1.22. The molecule has 1 saturated heterocycles. The first-order chi connectivity index (χ1) is 5.15. The van der Waals surface area contributed by atoms with E-state index in [9.17, 15) is 10.2 Å². The maximum Gasteiger partial charge on any atom is 0.185 e. The lowest BCUT2D eigenvalue weighted by Gasteiger charge is -2.34. The predicted molar refractivity (Wildman–Crippen MR) is 38.0 cm³/mol. The monoisotopic (exact) mass is 162 g/mol. The summed E-state index contributed by atoms with van der Waals surface area (Å²) in [7, 11) is 1.44. The minimum atomic E-state index is -0.920. The van der Waals surface area contributed by atoms with Gasteiger partial charge in [0.25, 0.3) is 0 Å². The lowest BCUT2D eigenvalue weighted by atomic mass is 10.0. The van der Waals surface area contributed by atoms with Crippen molar-refractivity contribution in [3.8, 4) is 0 Å². The summed E-state index contributed by atoms with van der Waals surface area (Å²) in [5, 5.41) is 18.5. The van der Waals surface area contributed by atoms with Gasteiger partial charge >= 0.3 is 0 Å². The van der Waals surface area contributed by atoms with Gasteiger partial charge in [-0.15, -0.1) is 0 Å². The fourth-order valence-corrected chi connectivity index (χ4v) is 1.22. The molecule has 0 amide bonds. The zero-order valence-electron chi connectivity index (χ0n) is 6.73. The van der Waals surface area contributed by atoms with Crippen molar-refractivity contribution >= 4 is 0 Å². The summed E-state index contributed by atoms with van der Waals surface area (Å²) >= 11 is 0. The summed E-state index contributed by atoms with van der Waals surface area (Å²) in [6.45, 7) is 1.83. The Hall–Kier alpha value is -0.160. The number of hydrogen-bond donors (Lipinski definition) is 2. The summed E-state index contributed by atoms with van der Waals surface area (Å²) in [6.07, 6.45) is -1.94. The summed E-state index contributed by atoms with van der Waals surface area (Å²) in [5.41, 5.74) is 0. The molecule has 0 saturated carbocycles. The molecule has 4 atom stereocenters. The van der Waals surface area contributed by atoms with Gasteiger partial charge in [0.05, 0.1) is 12.2 Å². The molecule has 0 spiro atoms. The molecule has 0 aliphatic carbocycles. The minimum absolute atomic E-state index is 0.0571. The molecule has 4 heteroatoms. The average molecular weight is 162 g/mol. The van der Waals surface area contributed by atoms with Crippen molar-refractivity contribution in [3.05, 3.63) is 0 Å². The first kappa shape index (κ1) is 8.93. The first-order valence-electron chi connectivity index (χ1n) is 3.69. The predicted octanol–water partition coefficient (Wildman–Crippen LogP) is -0.510. The molecule has 66 valence electrons. The number of methoxy groups -OCH3 is 1. The SMILES string of the molecule is CO[C@@H]1O[C@H](C)C[C@@H](O)[C@@H]1O. The van der Waals surface area contributed by atoms with Gasteiger partial charge in [-0.25, -0.2) is 0 Å². The highest BCUT2D eigenvalue weighted by Gasteiger charge is 2.34. The Morgan fingerprint density at radius 1 is 1.45 bits per heavy atom. The van der Waals surface area contributed by atoms with Crippen LogP contribution in [0, 0.1) is 0 Å². The molecule has 4 nitrogen and oxygen atoms in total. The van der Waals surface area contributed by atoms with Gasteiger partial charge in [0.1, 0.15) is 6.10 Å². The Kier molecular flexibility index (Phi) is 2.84. The van der Waals surface area contributed by atoms with Gasteiger partial charge in [-0.05, 0) is 6.92 Å². The average Bonchev–Trinajstić information content (AvgIpc) is 1.96. The number of hydrogen-bond acceptors (Lipinski definition) is 4. The Bertz CT molecular complexity index is 128. The van der Waals surface area contributed by atoms with E-state index in [1.807, 2.05) is 6.92 Å². The van der Waals surface area contributed by atoms with E-state index >= 15 is 0 Å². The summed E-state index contributed by atoms with van der Waals surface area (Å²) < 4.78 is 10.00. The second kappa shape index (κ2) is 3.49. The molecule has 2 N–H and O–H groups in total. The van der Waals surface area contributed by atoms with Crippen LogP contribution < -0.4 is 0 Å². The van der Waals surface area contributed by atoms with Crippen LogP contribution in [0.3, 0.4) is 0 Å². The fraction of sp³-hybridized carbons (Fsp3) is 1.00. The van der Waals surface area contributed by atoms with Crippen LogP contribution in [0.2, 0.25) is 0 Å². The van der Waals surface area contributed by atoms with Gasteiger partial charge in [-0.1, -0.05) is 0 Å². The Morgan fingerprint density at radius 2 is 2.09 bits per heavy atom. The largest absolute Gasteiger partial charge is 0.390 e. The molecule has 0 bridgehead atoms. The summed E-state index contributed by atoms with van der Waals surface area (Å²) in [4.78, 5) is 0. The maximum atomic E-state index is 9.26. The molecule has 11 heavy (non-hydrogen) atoms. The Labute approximate surface area is 65.7 Å². The highest BCUT2D eigenvalue weighted by atomic mass is 16.7. The lowest BCUT2D eigenvalue weighted by Crippen LogP contribution is -2.48. The van der Waals surface area contributed by atoms with Gasteiger partial charge in [-0.2, -0.15) is 0 Å². The normalized spacial score (nSPS) is 45.8. The minimum Gasteiger partial charge on any atom is -0.390 e. The van der Waals surface area contributed by atoms with Crippen LogP contribution >= 0.6 is 0 Å². The van der Waals surface area contributed by atoms with Gasteiger partial charge in [0, 0.05) is 13.5 Å². The van der Waals surface area contributed by atoms with E-state index in [-0.39, 0.29) is 6.10 Å². The van der Waals surface area contributed by atoms with Crippen LogP contribution in [0.4, 0.5) is 0 Å². The topological polar surface area (TPSA) is 58.9 Å². The molecule has 1 heterocycles. The molecule has 0 aromatic carbocycles. The Balaban J connectivity index is 2.51. The molecular weight excluding hydrogens is 148 g/mol. The van der Waals surface area contributed by atoms with Crippen LogP contribution in [-0.4, -0.2) is 41.9 Å². The molecule has 0 aromatic heterocycles. The standard InChI is InChI=1S/C7H14O4/c1-4-3-5(8)6(9)7(10-2)11-4/h4-9H,3H2,1-2H3/t4-,5-,6+,7-/m1/s1. The van der Waals surface area contributed by atoms with Crippen molar-refractivity contribution in [2.75, 3.05) is 7.11 Å². The van der Waals surface area contributed by atoms with E-state index in [4.69, 9.17) is 9.47 Å². The van der Waals surface area contributed by atoms with Crippen molar-refractivity contribution in [3.63, 3.8) is 0 Å². The number of aliphatic hydroxyl groups excluding tert-OH is 2.